The molecule has 0 saturated carbocycles. The van der Waals surface area contributed by atoms with Crippen LogP contribution in [0, 0.1) is 6.92 Å². The Morgan fingerprint density at radius 1 is 0.968 bits per heavy atom. The molecule has 0 aliphatic heterocycles. The maximum Gasteiger partial charge on any atom is 0.303 e. The van der Waals surface area contributed by atoms with E-state index in [1.165, 1.54) is 5.56 Å². The minimum atomic E-state index is -0.745. The molecular formula is C26H26N2O3. The molecule has 0 saturated heterocycles. The highest BCUT2D eigenvalue weighted by Crippen LogP contribution is 2.32. The van der Waals surface area contributed by atoms with Crippen LogP contribution in [0.4, 0.5) is 0 Å². The quantitative estimate of drug-likeness (QED) is 0.340. The Labute approximate surface area is 181 Å². The van der Waals surface area contributed by atoms with E-state index in [1.54, 1.807) is 0 Å². The summed E-state index contributed by atoms with van der Waals surface area (Å²) in [6.07, 6.45) is 2.56. The van der Waals surface area contributed by atoms with Crippen molar-refractivity contribution in [1.82, 2.24) is 9.55 Å². The van der Waals surface area contributed by atoms with Crippen molar-refractivity contribution in [1.29, 1.82) is 0 Å². The predicted octanol–water partition coefficient (Wildman–Crippen LogP) is 6.02. The van der Waals surface area contributed by atoms with E-state index in [-0.39, 0.29) is 6.42 Å². The van der Waals surface area contributed by atoms with Gasteiger partial charge in [-0.3, -0.25) is 9.36 Å². The first-order valence-electron chi connectivity index (χ1n) is 10.6. The molecule has 4 aromatic rings. The number of benzene rings is 3. The standard InChI is InChI=1S/C26H26N2O3/c1-19-10-7-8-13-23(19)28-24-18-21(31-17-9-3-6-14-25(29)30)15-16-22(24)27-26(28)20-11-4-2-5-12-20/h2,4-5,7-8,10-13,15-16,18H,3,6,9,14,17H2,1H3,(H,29,30). The Hall–Kier alpha value is -3.60. The normalized spacial score (nSPS) is 11.0. The molecule has 0 atom stereocenters. The summed E-state index contributed by atoms with van der Waals surface area (Å²) in [6, 6.07) is 24.5. The van der Waals surface area contributed by atoms with E-state index in [1.807, 2.05) is 48.5 Å². The number of hydrogen-bond acceptors (Lipinski definition) is 3. The van der Waals surface area contributed by atoms with Crippen molar-refractivity contribution in [3.05, 3.63) is 78.4 Å². The highest BCUT2D eigenvalue weighted by Gasteiger charge is 2.16. The number of fused-ring (bicyclic) bond motifs is 1. The molecule has 3 aromatic carbocycles. The highest BCUT2D eigenvalue weighted by atomic mass is 16.5. The largest absolute Gasteiger partial charge is 0.494 e. The molecule has 158 valence electrons. The first-order valence-corrected chi connectivity index (χ1v) is 10.6. The van der Waals surface area contributed by atoms with Gasteiger partial charge in [0.05, 0.1) is 23.3 Å². The average Bonchev–Trinajstić information content (AvgIpc) is 3.15. The van der Waals surface area contributed by atoms with Crippen molar-refractivity contribution in [3.63, 3.8) is 0 Å². The van der Waals surface area contributed by atoms with Gasteiger partial charge in [0.2, 0.25) is 0 Å². The van der Waals surface area contributed by atoms with E-state index < -0.39 is 5.97 Å². The smallest absolute Gasteiger partial charge is 0.303 e. The van der Waals surface area contributed by atoms with Crippen molar-refractivity contribution in [2.75, 3.05) is 6.61 Å². The minimum Gasteiger partial charge on any atom is -0.494 e. The van der Waals surface area contributed by atoms with Gasteiger partial charge in [0.15, 0.2) is 0 Å². The molecule has 5 nitrogen and oxygen atoms in total. The maximum atomic E-state index is 10.6. The number of para-hydroxylation sites is 1. The lowest BCUT2D eigenvalue weighted by molar-refractivity contribution is -0.137. The van der Waals surface area contributed by atoms with Gasteiger partial charge in [-0.25, -0.2) is 4.98 Å². The van der Waals surface area contributed by atoms with Crippen molar-refractivity contribution in [3.8, 4) is 22.8 Å². The molecule has 0 aliphatic carbocycles. The molecule has 0 unspecified atom stereocenters. The molecular weight excluding hydrogens is 388 g/mol. The van der Waals surface area contributed by atoms with Crippen LogP contribution < -0.4 is 4.74 Å². The fourth-order valence-electron chi connectivity index (χ4n) is 3.73. The average molecular weight is 415 g/mol. The third-order valence-electron chi connectivity index (χ3n) is 5.32. The number of nitrogens with zero attached hydrogens (tertiary/aromatic N) is 2. The van der Waals surface area contributed by atoms with Crippen LogP contribution in [0.3, 0.4) is 0 Å². The first kappa shape index (κ1) is 20.7. The van der Waals surface area contributed by atoms with E-state index in [9.17, 15) is 4.79 Å². The summed E-state index contributed by atoms with van der Waals surface area (Å²) >= 11 is 0. The van der Waals surface area contributed by atoms with Gasteiger partial charge >= 0.3 is 5.97 Å². The number of hydrogen-bond donors (Lipinski definition) is 1. The Bertz CT molecular complexity index is 1180. The Morgan fingerprint density at radius 2 is 1.74 bits per heavy atom. The SMILES string of the molecule is Cc1ccccc1-n1c(-c2ccccc2)nc2ccc(OCCCCCC(=O)O)cc21. The number of imidazole rings is 1. The molecule has 0 aliphatic rings. The fraction of sp³-hybridized carbons (Fsp3) is 0.231. The molecule has 4 rings (SSSR count). The maximum absolute atomic E-state index is 10.6. The monoisotopic (exact) mass is 414 g/mol. The lowest BCUT2D eigenvalue weighted by Gasteiger charge is -2.13. The van der Waals surface area contributed by atoms with Crippen LogP contribution in [0.2, 0.25) is 0 Å². The third-order valence-corrected chi connectivity index (χ3v) is 5.32. The van der Waals surface area contributed by atoms with Crippen molar-refractivity contribution in [2.24, 2.45) is 0 Å². The number of rotatable bonds is 9. The fourth-order valence-corrected chi connectivity index (χ4v) is 3.73. The number of aryl methyl sites for hydroxylation is 1. The van der Waals surface area contributed by atoms with E-state index in [0.29, 0.717) is 13.0 Å². The van der Waals surface area contributed by atoms with Gasteiger partial charge < -0.3 is 9.84 Å². The van der Waals surface area contributed by atoms with Crippen LogP contribution in [-0.2, 0) is 4.79 Å². The Morgan fingerprint density at radius 3 is 2.52 bits per heavy atom. The van der Waals surface area contributed by atoms with Gasteiger partial charge in [0, 0.05) is 18.1 Å². The lowest BCUT2D eigenvalue weighted by Crippen LogP contribution is -2.01. The number of ether oxygens (including phenoxy) is 1. The van der Waals surface area contributed by atoms with Crippen LogP contribution in [-0.4, -0.2) is 27.2 Å². The first-order chi connectivity index (χ1) is 15.1. The number of carboxylic acid groups (broad SMARTS) is 1. The van der Waals surface area contributed by atoms with Crippen LogP contribution in [0.15, 0.2) is 72.8 Å². The van der Waals surface area contributed by atoms with Crippen molar-refractivity contribution >= 4 is 17.0 Å². The molecule has 0 spiro atoms. The minimum absolute atomic E-state index is 0.212. The number of carboxylic acids is 1. The zero-order valence-electron chi connectivity index (χ0n) is 17.6. The highest BCUT2D eigenvalue weighted by molar-refractivity contribution is 5.84. The molecule has 1 aromatic heterocycles. The molecule has 0 bridgehead atoms. The lowest BCUT2D eigenvalue weighted by atomic mass is 10.1. The van der Waals surface area contributed by atoms with Gasteiger partial charge in [-0.05, 0) is 49.9 Å². The third kappa shape index (κ3) is 4.77. The molecule has 0 amide bonds. The topological polar surface area (TPSA) is 64.4 Å². The molecule has 1 heterocycles. The van der Waals surface area contributed by atoms with Crippen LogP contribution >= 0.6 is 0 Å². The van der Waals surface area contributed by atoms with Crippen LogP contribution in [0.25, 0.3) is 28.1 Å². The Kier molecular flexibility index (Phi) is 6.32. The number of unbranched alkanes of at least 4 members (excludes halogenated alkanes) is 2. The zero-order valence-corrected chi connectivity index (χ0v) is 17.6. The summed E-state index contributed by atoms with van der Waals surface area (Å²) in [5.41, 5.74) is 5.23. The summed E-state index contributed by atoms with van der Waals surface area (Å²) in [6.45, 7) is 2.67. The molecule has 0 radical (unpaired) electrons. The van der Waals surface area contributed by atoms with E-state index >= 15 is 0 Å². The van der Waals surface area contributed by atoms with Crippen molar-refractivity contribution < 1.29 is 14.6 Å². The van der Waals surface area contributed by atoms with Crippen LogP contribution in [0.5, 0.6) is 5.75 Å². The second kappa shape index (κ2) is 9.47. The number of aliphatic carboxylic acids is 1. The number of aromatic nitrogens is 2. The van der Waals surface area contributed by atoms with Crippen molar-refractivity contribution in [2.45, 2.75) is 32.6 Å². The number of carbonyl (C=O) groups is 1. The summed E-state index contributed by atoms with van der Waals surface area (Å²) in [7, 11) is 0. The van der Waals surface area contributed by atoms with Gasteiger partial charge in [-0.2, -0.15) is 0 Å². The molecule has 1 N–H and O–H groups in total. The van der Waals surface area contributed by atoms with Gasteiger partial charge in [0.1, 0.15) is 11.6 Å². The second-order valence-corrected chi connectivity index (χ2v) is 7.63. The van der Waals surface area contributed by atoms with E-state index in [4.69, 9.17) is 14.8 Å². The molecule has 0 fully saturated rings. The summed E-state index contributed by atoms with van der Waals surface area (Å²) in [5, 5.41) is 8.73. The molecule has 5 heteroatoms. The summed E-state index contributed by atoms with van der Waals surface area (Å²) in [4.78, 5) is 15.5. The predicted molar refractivity (Wildman–Crippen MR) is 123 cm³/mol. The molecule has 31 heavy (non-hydrogen) atoms. The van der Waals surface area contributed by atoms with E-state index in [0.717, 1.165) is 46.7 Å². The van der Waals surface area contributed by atoms with Gasteiger partial charge in [-0.1, -0.05) is 48.5 Å². The Balaban J connectivity index is 1.66. The van der Waals surface area contributed by atoms with Gasteiger partial charge in [-0.15, -0.1) is 0 Å². The van der Waals surface area contributed by atoms with Gasteiger partial charge in [0.25, 0.3) is 0 Å². The zero-order chi connectivity index (χ0) is 21.6. The summed E-state index contributed by atoms with van der Waals surface area (Å²) in [5.74, 6) is 0.945. The second-order valence-electron chi connectivity index (χ2n) is 7.63. The summed E-state index contributed by atoms with van der Waals surface area (Å²) < 4.78 is 8.16. The van der Waals surface area contributed by atoms with Crippen LogP contribution in [0.1, 0.15) is 31.2 Å². The van der Waals surface area contributed by atoms with E-state index in [2.05, 4.69) is 35.8 Å².